The lowest BCUT2D eigenvalue weighted by molar-refractivity contribution is 0.174. The number of piperidine rings is 1. The molecule has 11 heteroatoms. The van der Waals surface area contributed by atoms with E-state index in [1.807, 2.05) is 6.07 Å². The standard InChI is InChI=1S/C18H16BrN3O5S2/c19-15-5-6-16(28-15)29(23,24)22-7-1-2-12(9-22)18-21-20-17(27-18)11-3-4-13-14(8-11)26-10-25-13/h3-6,8,12H,1-2,7,9-10H2. The number of fused-ring (bicyclic) bond motifs is 1. The van der Waals surface area contributed by atoms with Gasteiger partial charge in [0.25, 0.3) is 10.0 Å². The summed E-state index contributed by atoms with van der Waals surface area (Å²) in [6.45, 7) is 0.999. The molecule has 0 N–H and O–H groups in total. The fourth-order valence-electron chi connectivity index (χ4n) is 3.47. The van der Waals surface area contributed by atoms with Gasteiger partial charge in [-0.05, 0) is 59.1 Å². The fourth-order valence-corrected chi connectivity index (χ4v) is 7.16. The minimum Gasteiger partial charge on any atom is -0.454 e. The van der Waals surface area contributed by atoms with Gasteiger partial charge in [-0.15, -0.1) is 21.5 Å². The van der Waals surface area contributed by atoms with E-state index in [1.54, 1.807) is 24.3 Å². The monoisotopic (exact) mass is 497 g/mol. The number of sulfonamides is 1. The number of thiophene rings is 1. The third kappa shape index (κ3) is 3.56. The molecule has 1 atom stereocenters. The van der Waals surface area contributed by atoms with Crippen molar-refractivity contribution >= 4 is 37.3 Å². The van der Waals surface area contributed by atoms with Crippen molar-refractivity contribution in [1.29, 1.82) is 0 Å². The summed E-state index contributed by atoms with van der Waals surface area (Å²) in [6, 6.07) is 8.80. The van der Waals surface area contributed by atoms with E-state index in [2.05, 4.69) is 26.1 Å². The molecule has 4 heterocycles. The van der Waals surface area contributed by atoms with Crippen LogP contribution in [0.4, 0.5) is 0 Å². The molecule has 29 heavy (non-hydrogen) atoms. The highest BCUT2D eigenvalue weighted by Crippen LogP contribution is 2.37. The van der Waals surface area contributed by atoms with Crippen LogP contribution in [0.1, 0.15) is 24.7 Å². The second-order valence-corrected chi connectivity index (χ2v) is 11.4. The molecule has 1 fully saturated rings. The van der Waals surface area contributed by atoms with E-state index in [0.717, 1.165) is 22.2 Å². The van der Waals surface area contributed by atoms with E-state index in [4.69, 9.17) is 13.9 Å². The molecule has 2 aliphatic heterocycles. The Hall–Kier alpha value is -1.95. The van der Waals surface area contributed by atoms with Crippen LogP contribution >= 0.6 is 27.3 Å². The fraction of sp³-hybridized carbons (Fsp3) is 0.333. The van der Waals surface area contributed by atoms with Crippen LogP contribution in [-0.2, 0) is 10.0 Å². The maximum atomic E-state index is 12.9. The van der Waals surface area contributed by atoms with E-state index in [9.17, 15) is 8.42 Å². The second-order valence-electron chi connectivity index (χ2n) is 6.77. The van der Waals surface area contributed by atoms with E-state index in [0.29, 0.717) is 40.6 Å². The zero-order chi connectivity index (χ0) is 20.0. The number of benzene rings is 1. The zero-order valence-electron chi connectivity index (χ0n) is 15.1. The lowest BCUT2D eigenvalue weighted by atomic mass is 10.00. The Labute approximate surface area is 179 Å². The van der Waals surface area contributed by atoms with Gasteiger partial charge in [0.05, 0.1) is 9.70 Å². The quantitative estimate of drug-likeness (QED) is 0.539. The second kappa shape index (κ2) is 7.38. The molecule has 1 unspecified atom stereocenters. The number of aromatic nitrogens is 2. The Morgan fingerprint density at radius 1 is 1.14 bits per heavy atom. The summed E-state index contributed by atoms with van der Waals surface area (Å²) < 4.78 is 45.1. The van der Waals surface area contributed by atoms with Crippen molar-refractivity contribution in [3.05, 3.63) is 40.0 Å². The van der Waals surface area contributed by atoms with E-state index in [-0.39, 0.29) is 12.7 Å². The SMILES string of the molecule is O=S(=O)(c1ccc(Br)s1)N1CCCC(c2nnc(-c3ccc4c(c3)OCO4)o2)C1. The lowest BCUT2D eigenvalue weighted by Gasteiger charge is -2.29. The van der Waals surface area contributed by atoms with Gasteiger partial charge >= 0.3 is 0 Å². The molecule has 2 aromatic heterocycles. The molecule has 5 rings (SSSR count). The van der Waals surface area contributed by atoms with Crippen molar-refractivity contribution in [1.82, 2.24) is 14.5 Å². The number of halogens is 1. The van der Waals surface area contributed by atoms with Gasteiger partial charge in [-0.1, -0.05) is 0 Å². The largest absolute Gasteiger partial charge is 0.454 e. The maximum Gasteiger partial charge on any atom is 0.252 e. The first-order chi connectivity index (χ1) is 14.0. The molecule has 0 saturated carbocycles. The highest BCUT2D eigenvalue weighted by atomic mass is 79.9. The summed E-state index contributed by atoms with van der Waals surface area (Å²) in [7, 11) is -3.53. The van der Waals surface area contributed by atoms with Gasteiger partial charge in [-0.25, -0.2) is 8.42 Å². The topological polar surface area (TPSA) is 94.8 Å². The smallest absolute Gasteiger partial charge is 0.252 e. The molecule has 0 spiro atoms. The predicted octanol–water partition coefficient (Wildman–Crippen LogP) is 3.86. The number of hydrogen-bond donors (Lipinski definition) is 0. The van der Waals surface area contributed by atoms with Gasteiger partial charge in [0.1, 0.15) is 4.21 Å². The first-order valence-corrected chi connectivity index (χ1v) is 12.0. The first kappa shape index (κ1) is 19.0. The average Bonchev–Trinajstić information content (AvgIpc) is 3.47. The van der Waals surface area contributed by atoms with Crippen LogP contribution in [0.5, 0.6) is 11.5 Å². The van der Waals surface area contributed by atoms with Gasteiger partial charge in [-0.3, -0.25) is 0 Å². The van der Waals surface area contributed by atoms with Gasteiger partial charge in [0.15, 0.2) is 11.5 Å². The van der Waals surface area contributed by atoms with Gasteiger partial charge < -0.3 is 13.9 Å². The van der Waals surface area contributed by atoms with Crippen molar-refractivity contribution in [2.75, 3.05) is 19.9 Å². The van der Waals surface area contributed by atoms with Crippen molar-refractivity contribution < 1.29 is 22.3 Å². The van der Waals surface area contributed by atoms with Crippen LogP contribution in [-0.4, -0.2) is 42.8 Å². The summed E-state index contributed by atoms with van der Waals surface area (Å²) in [4.78, 5) is 0. The Morgan fingerprint density at radius 2 is 2.00 bits per heavy atom. The third-order valence-corrected chi connectivity index (χ3v) is 8.89. The Bertz CT molecular complexity index is 1160. The highest BCUT2D eigenvalue weighted by Gasteiger charge is 2.34. The van der Waals surface area contributed by atoms with E-state index >= 15 is 0 Å². The van der Waals surface area contributed by atoms with Crippen molar-refractivity contribution in [2.45, 2.75) is 23.0 Å². The van der Waals surface area contributed by atoms with E-state index in [1.165, 1.54) is 15.6 Å². The predicted molar refractivity (Wildman–Crippen MR) is 109 cm³/mol. The summed E-state index contributed by atoms with van der Waals surface area (Å²) in [6.07, 6.45) is 1.53. The minimum atomic E-state index is -3.53. The lowest BCUT2D eigenvalue weighted by Crippen LogP contribution is -2.38. The van der Waals surface area contributed by atoms with Gasteiger partial charge in [0, 0.05) is 18.7 Å². The molecular weight excluding hydrogens is 482 g/mol. The maximum absolute atomic E-state index is 12.9. The van der Waals surface area contributed by atoms with Crippen molar-refractivity contribution in [3.8, 4) is 23.0 Å². The normalized spacial score (nSPS) is 19.6. The molecule has 0 bridgehead atoms. The number of nitrogens with zero attached hydrogens (tertiary/aromatic N) is 3. The number of ether oxygens (including phenoxy) is 2. The minimum absolute atomic E-state index is 0.141. The molecule has 1 saturated heterocycles. The molecule has 0 aliphatic carbocycles. The van der Waals surface area contributed by atoms with Crippen LogP contribution in [0.25, 0.3) is 11.5 Å². The number of rotatable bonds is 4. The first-order valence-electron chi connectivity index (χ1n) is 8.99. The number of hydrogen-bond acceptors (Lipinski definition) is 8. The highest BCUT2D eigenvalue weighted by molar-refractivity contribution is 9.11. The van der Waals surface area contributed by atoms with Crippen LogP contribution < -0.4 is 9.47 Å². The van der Waals surface area contributed by atoms with Crippen molar-refractivity contribution in [3.63, 3.8) is 0 Å². The Morgan fingerprint density at radius 3 is 2.83 bits per heavy atom. The zero-order valence-corrected chi connectivity index (χ0v) is 18.3. The molecule has 8 nitrogen and oxygen atoms in total. The molecule has 0 radical (unpaired) electrons. The van der Waals surface area contributed by atoms with Crippen LogP contribution in [0, 0.1) is 0 Å². The van der Waals surface area contributed by atoms with Gasteiger partial charge in [0.2, 0.25) is 18.6 Å². The molecule has 3 aromatic rings. The van der Waals surface area contributed by atoms with Crippen LogP contribution in [0.3, 0.4) is 0 Å². The van der Waals surface area contributed by atoms with Crippen LogP contribution in [0.2, 0.25) is 0 Å². The Balaban J connectivity index is 1.36. The molecular formula is C18H16BrN3O5S2. The molecule has 1 aromatic carbocycles. The summed E-state index contributed by atoms with van der Waals surface area (Å²) in [5, 5.41) is 8.34. The Kier molecular flexibility index (Phi) is 4.85. The van der Waals surface area contributed by atoms with E-state index < -0.39 is 10.0 Å². The average molecular weight is 498 g/mol. The van der Waals surface area contributed by atoms with Crippen molar-refractivity contribution in [2.24, 2.45) is 0 Å². The molecule has 2 aliphatic rings. The molecule has 0 amide bonds. The summed E-state index contributed by atoms with van der Waals surface area (Å²) >= 11 is 4.54. The van der Waals surface area contributed by atoms with Gasteiger partial charge in [-0.2, -0.15) is 4.31 Å². The molecule has 152 valence electrons. The third-order valence-electron chi connectivity index (χ3n) is 4.94. The summed E-state index contributed by atoms with van der Waals surface area (Å²) in [5.74, 6) is 2.00. The van der Waals surface area contributed by atoms with Crippen LogP contribution in [0.15, 0.2) is 42.7 Å². The summed E-state index contributed by atoms with van der Waals surface area (Å²) in [5.41, 5.74) is 0.733.